The third-order valence-electron chi connectivity index (χ3n) is 2.75. The molecule has 1 rings (SSSR count). The Hall–Kier alpha value is -1.06. The van der Waals surface area contributed by atoms with Gasteiger partial charge in [0.1, 0.15) is 0 Å². The lowest BCUT2D eigenvalue weighted by molar-refractivity contribution is -0.123. The maximum Gasteiger partial charge on any atom is 0.237 e. The molecule has 94 valence electrons. The number of hydrogen-bond donors (Lipinski definition) is 2. The lowest BCUT2D eigenvalue weighted by Crippen LogP contribution is -2.44. The third-order valence-corrected chi connectivity index (χ3v) is 3.00. The highest BCUT2D eigenvalue weighted by atomic mass is 35.5. The topological polar surface area (TPSA) is 55.1 Å². The van der Waals surface area contributed by atoms with Gasteiger partial charge in [-0.3, -0.25) is 4.79 Å². The first-order valence-corrected chi connectivity index (χ1v) is 6.11. The molecule has 4 heteroatoms. The molecule has 3 N–H and O–H groups in total. The lowest BCUT2D eigenvalue weighted by atomic mass is 10.0. The van der Waals surface area contributed by atoms with Crippen molar-refractivity contribution in [2.45, 2.75) is 32.9 Å². The van der Waals surface area contributed by atoms with E-state index in [0.29, 0.717) is 5.02 Å². The molecule has 0 saturated heterocycles. The van der Waals surface area contributed by atoms with Gasteiger partial charge in [-0.15, -0.1) is 0 Å². The van der Waals surface area contributed by atoms with Crippen LogP contribution in [0.5, 0.6) is 0 Å². The van der Waals surface area contributed by atoms with Crippen molar-refractivity contribution in [3.63, 3.8) is 0 Å². The van der Waals surface area contributed by atoms with E-state index in [2.05, 4.69) is 5.32 Å². The average molecular weight is 255 g/mol. The summed E-state index contributed by atoms with van der Waals surface area (Å²) in [6.07, 6.45) is 0. The SMILES string of the molecule is CC(C)[C@@H](N)C(=O)N[C@@H](C)c1ccc(Cl)cc1. The summed E-state index contributed by atoms with van der Waals surface area (Å²) in [7, 11) is 0. The van der Waals surface area contributed by atoms with Gasteiger partial charge in [0.05, 0.1) is 12.1 Å². The quantitative estimate of drug-likeness (QED) is 0.868. The van der Waals surface area contributed by atoms with Crippen LogP contribution in [0.2, 0.25) is 5.02 Å². The van der Waals surface area contributed by atoms with Crippen LogP contribution >= 0.6 is 11.6 Å². The Morgan fingerprint density at radius 2 is 1.76 bits per heavy atom. The smallest absolute Gasteiger partial charge is 0.237 e. The second kappa shape index (κ2) is 6.03. The second-order valence-electron chi connectivity index (χ2n) is 4.55. The van der Waals surface area contributed by atoms with E-state index in [4.69, 9.17) is 17.3 Å². The zero-order chi connectivity index (χ0) is 13.0. The average Bonchev–Trinajstić information content (AvgIpc) is 2.28. The summed E-state index contributed by atoms with van der Waals surface area (Å²) in [5, 5.41) is 3.58. The molecule has 0 aliphatic heterocycles. The van der Waals surface area contributed by atoms with E-state index in [0.717, 1.165) is 5.56 Å². The summed E-state index contributed by atoms with van der Waals surface area (Å²) in [6, 6.07) is 6.88. The van der Waals surface area contributed by atoms with Crippen molar-refractivity contribution in [2.75, 3.05) is 0 Å². The zero-order valence-electron chi connectivity index (χ0n) is 10.4. The molecule has 0 spiro atoms. The van der Waals surface area contributed by atoms with Crippen molar-refractivity contribution in [2.24, 2.45) is 11.7 Å². The maximum atomic E-state index is 11.8. The fraction of sp³-hybridized carbons (Fsp3) is 0.462. The van der Waals surface area contributed by atoms with Crippen LogP contribution in [0.1, 0.15) is 32.4 Å². The largest absolute Gasteiger partial charge is 0.348 e. The van der Waals surface area contributed by atoms with E-state index in [1.165, 1.54) is 0 Å². The normalized spacial score (nSPS) is 14.5. The number of carbonyl (C=O) groups is 1. The summed E-state index contributed by atoms with van der Waals surface area (Å²) < 4.78 is 0. The molecule has 17 heavy (non-hydrogen) atoms. The predicted octanol–water partition coefficient (Wildman–Crippen LogP) is 2.50. The molecule has 0 aliphatic carbocycles. The Labute approximate surface area is 107 Å². The molecule has 1 aromatic carbocycles. The van der Waals surface area contributed by atoms with Gasteiger partial charge in [0.2, 0.25) is 5.91 Å². The highest BCUT2D eigenvalue weighted by Crippen LogP contribution is 2.16. The van der Waals surface area contributed by atoms with Crippen LogP contribution in [0.3, 0.4) is 0 Å². The van der Waals surface area contributed by atoms with E-state index < -0.39 is 6.04 Å². The predicted molar refractivity (Wildman–Crippen MR) is 70.8 cm³/mol. The Balaban J connectivity index is 2.63. The van der Waals surface area contributed by atoms with Crippen molar-refractivity contribution in [3.05, 3.63) is 34.9 Å². The number of amides is 1. The summed E-state index contributed by atoms with van der Waals surface area (Å²) in [4.78, 5) is 11.8. The number of nitrogens with one attached hydrogen (secondary N) is 1. The number of hydrogen-bond acceptors (Lipinski definition) is 2. The number of rotatable bonds is 4. The molecule has 0 aromatic heterocycles. The van der Waals surface area contributed by atoms with E-state index in [-0.39, 0.29) is 17.9 Å². The number of carbonyl (C=O) groups excluding carboxylic acids is 1. The maximum absolute atomic E-state index is 11.8. The van der Waals surface area contributed by atoms with Crippen LogP contribution in [0.25, 0.3) is 0 Å². The number of halogens is 1. The standard InChI is InChI=1S/C13H19ClN2O/c1-8(2)12(15)13(17)16-9(3)10-4-6-11(14)7-5-10/h4-9,12H,15H2,1-3H3,(H,16,17)/t9-,12+/m0/s1. The van der Waals surface area contributed by atoms with E-state index in [1.807, 2.05) is 45.0 Å². The van der Waals surface area contributed by atoms with Gasteiger partial charge in [0, 0.05) is 5.02 Å². The summed E-state index contributed by atoms with van der Waals surface area (Å²) >= 11 is 5.81. The molecular weight excluding hydrogens is 236 g/mol. The van der Waals surface area contributed by atoms with Gasteiger partial charge in [-0.25, -0.2) is 0 Å². The minimum absolute atomic E-state index is 0.0652. The minimum Gasteiger partial charge on any atom is -0.348 e. The van der Waals surface area contributed by atoms with Crippen molar-refractivity contribution in [3.8, 4) is 0 Å². The highest BCUT2D eigenvalue weighted by molar-refractivity contribution is 6.30. The summed E-state index contributed by atoms with van der Waals surface area (Å²) in [5.74, 6) is 0.00914. The molecular formula is C13H19ClN2O. The Morgan fingerprint density at radius 3 is 2.24 bits per heavy atom. The van der Waals surface area contributed by atoms with Gasteiger partial charge < -0.3 is 11.1 Å². The molecule has 2 atom stereocenters. The number of nitrogens with two attached hydrogens (primary N) is 1. The highest BCUT2D eigenvalue weighted by Gasteiger charge is 2.19. The van der Waals surface area contributed by atoms with E-state index in [9.17, 15) is 4.79 Å². The van der Waals surface area contributed by atoms with Crippen LogP contribution in [0.15, 0.2) is 24.3 Å². The Kier molecular flexibility index (Phi) is 4.97. The lowest BCUT2D eigenvalue weighted by Gasteiger charge is -2.20. The summed E-state index contributed by atoms with van der Waals surface area (Å²) in [5.41, 5.74) is 6.79. The van der Waals surface area contributed by atoms with Crippen LogP contribution in [-0.2, 0) is 4.79 Å². The zero-order valence-corrected chi connectivity index (χ0v) is 11.2. The van der Waals surface area contributed by atoms with E-state index in [1.54, 1.807) is 0 Å². The molecule has 0 bridgehead atoms. The first kappa shape index (κ1) is 14.0. The molecule has 3 nitrogen and oxygen atoms in total. The molecule has 0 saturated carbocycles. The molecule has 1 aromatic rings. The molecule has 1 amide bonds. The monoisotopic (exact) mass is 254 g/mol. The van der Waals surface area contributed by atoms with Gasteiger partial charge in [-0.1, -0.05) is 37.6 Å². The van der Waals surface area contributed by atoms with Gasteiger partial charge in [0.15, 0.2) is 0 Å². The molecule has 0 aliphatic rings. The van der Waals surface area contributed by atoms with Crippen molar-refractivity contribution in [1.82, 2.24) is 5.32 Å². The fourth-order valence-electron chi connectivity index (χ4n) is 1.45. The Bertz CT molecular complexity index is 376. The van der Waals surface area contributed by atoms with Crippen LogP contribution in [0.4, 0.5) is 0 Å². The van der Waals surface area contributed by atoms with Crippen LogP contribution < -0.4 is 11.1 Å². The van der Waals surface area contributed by atoms with Crippen molar-refractivity contribution >= 4 is 17.5 Å². The fourth-order valence-corrected chi connectivity index (χ4v) is 1.57. The minimum atomic E-state index is -0.468. The molecule has 0 fully saturated rings. The first-order valence-electron chi connectivity index (χ1n) is 5.73. The number of benzene rings is 1. The van der Waals surface area contributed by atoms with Crippen LogP contribution in [-0.4, -0.2) is 11.9 Å². The van der Waals surface area contributed by atoms with Gasteiger partial charge in [0.25, 0.3) is 0 Å². The first-order chi connectivity index (χ1) is 7.91. The van der Waals surface area contributed by atoms with Gasteiger partial charge in [-0.2, -0.15) is 0 Å². The van der Waals surface area contributed by atoms with Gasteiger partial charge >= 0.3 is 0 Å². The molecule has 0 radical (unpaired) electrons. The van der Waals surface area contributed by atoms with Crippen molar-refractivity contribution in [1.29, 1.82) is 0 Å². The van der Waals surface area contributed by atoms with Crippen molar-refractivity contribution < 1.29 is 4.79 Å². The van der Waals surface area contributed by atoms with E-state index >= 15 is 0 Å². The second-order valence-corrected chi connectivity index (χ2v) is 4.99. The van der Waals surface area contributed by atoms with Crippen LogP contribution in [0, 0.1) is 5.92 Å². The van der Waals surface area contributed by atoms with Gasteiger partial charge in [-0.05, 0) is 30.5 Å². The third kappa shape index (κ3) is 4.02. The summed E-state index contributed by atoms with van der Waals surface area (Å²) in [6.45, 7) is 5.78. The molecule has 0 unspecified atom stereocenters. The molecule has 0 heterocycles. The Morgan fingerprint density at radius 1 is 1.24 bits per heavy atom.